The molecule has 0 rings (SSSR count). The van der Waals surface area contributed by atoms with Gasteiger partial charge in [0, 0.05) is 5.41 Å². The maximum absolute atomic E-state index is 10.7. The molecular formula is C12H20CaO4. The van der Waals surface area contributed by atoms with Gasteiger partial charge in [-0.15, -0.1) is 0 Å². The van der Waals surface area contributed by atoms with Crippen LogP contribution in [0.1, 0.15) is 58.8 Å². The number of hydrogen-bond donors (Lipinski definition) is 0. The molecule has 0 N–H and O–H groups in total. The molecule has 0 saturated carbocycles. The maximum atomic E-state index is 10.7. The molecule has 0 fully saturated rings. The van der Waals surface area contributed by atoms with Crippen LogP contribution in [0, 0.1) is 5.41 Å². The van der Waals surface area contributed by atoms with Gasteiger partial charge in [-0.1, -0.05) is 45.4 Å². The number of aliphatic carboxylic acids is 2. The van der Waals surface area contributed by atoms with Gasteiger partial charge in [0.15, 0.2) is 0 Å². The molecule has 0 aliphatic rings. The third kappa shape index (κ3) is 7.27. The second kappa shape index (κ2) is 10.2. The minimum absolute atomic E-state index is 0. The molecule has 0 aliphatic carbocycles. The van der Waals surface area contributed by atoms with Crippen molar-refractivity contribution >= 4 is 49.7 Å². The molecule has 0 amide bonds. The number of rotatable bonds is 9. The molecule has 0 bridgehead atoms. The first-order valence-corrected chi connectivity index (χ1v) is 5.88. The number of carbonyl (C=O) groups excluding carboxylic acids is 2. The number of carboxylic acids is 2. The van der Waals surface area contributed by atoms with Crippen LogP contribution in [0.15, 0.2) is 0 Å². The van der Waals surface area contributed by atoms with E-state index in [0.717, 1.165) is 39.0 Å². The van der Waals surface area contributed by atoms with Crippen LogP contribution in [0.4, 0.5) is 0 Å². The van der Waals surface area contributed by atoms with Gasteiger partial charge in [0.2, 0.25) is 0 Å². The van der Waals surface area contributed by atoms with Gasteiger partial charge < -0.3 is 19.8 Å². The number of hydrogen-bond acceptors (Lipinski definition) is 4. The molecule has 5 heteroatoms. The third-order valence-corrected chi connectivity index (χ3v) is 2.93. The quantitative estimate of drug-likeness (QED) is 0.331. The van der Waals surface area contributed by atoms with Gasteiger partial charge in [-0.2, -0.15) is 0 Å². The van der Waals surface area contributed by atoms with E-state index in [1.807, 2.05) is 0 Å². The zero-order valence-electron chi connectivity index (χ0n) is 10.8. The first kappa shape index (κ1) is 19.5. The molecule has 0 saturated heterocycles. The van der Waals surface area contributed by atoms with Crippen molar-refractivity contribution in [2.75, 3.05) is 0 Å². The van der Waals surface area contributed by atoms with Crippen LogP contribution in [-0.4, -0.2) is 49.7 Å². The summed E-state index contributed by atoms with van der Waals surface area (Å²) in [6.07, 6.45) is 5.98. The van der Waals surface area contributed by atoms with Crippen LogP contribution in [0.5, 0.6) is 0 Å². The van der Waals surface area contributed by atoms with Crippen molar-refractivity contribution in [2.45, 2.75) is 58.8 Å². The van der Waals surface area contributed by atoms with E-state index in [1.54, 1.807) is 0 Å². The normalized spacial score (nSPS) is 10.7. The topological polar surface area (TPSA) is 80.3 Å². The fourth-order valence-electron chi connectivity index (χ4n) is 1.55. The minimum atomic E-state index is -1.84. The van der Waals surface area contributed by atoms with Gasteiger partial charge >= 0.3 is 37.7 Å². The Morgan fingerprint density at radius 2 is 1.35 bits per heavy atom. The van der Waals surface area contributed by atoms with Crippen molar-refractivity contribution in [3.8, 4) is 0 Å². The smallest absolute Gasteiger partial charge is 0.549 e. The predicted molar refractivity (Wildman–Crippen MR) is 61.9 cm³/mol. The summed E-state index contributed by atoms with van der Waals surface area (Å²) in [7, 11) is 0. The van der Waals surface area contributed by atoms with E-state index < -0.39 is 17.4 Å². The molecule has 0 unspecified atom stereocenters. The summed E-state index contributed by atoms with van der Waals surface area (Å²) < 4.78 is 0. The molecule has 0 heterocycles. The number of carboxylic acid groups (broad SMARTS) is 2. The van der Waals surface area contributed by atoms with Crippen molar-refractivity contribution in [3.05, 3.63) is 0 Å². The molecule has 4 nitrogen and oxygen atoms in total. The fraction of sp³-hybridized carbons (Fsp3) is 0.833. The van der Waals surface area contributed by atoms with Crippen LogP contribution < -0.4 is 10.2 Å². The summed E-state index contributed by atoms with van der Waals surface area (Å²) in [4.78, 5) is 21.4. The molecule has 0 radical (unpaired) electrons. The number of unbranched alkanes of at least 4 members (excludes halogenated alkanes) is 5. The van der Waals surface area contributed by atoms with E-state index in [4.69, 9.17) is 0 Å². The first-order chi connectivity index (χ1) is 7.45. The van der Waals surface area contributed by atoms with Crippen LogP contribution in [0.25, 0.3) is 0 Å². The van der Waals surface area contributed by atoms with Crippen molar-refractivity contribution in [1.82, 2.24) is 0 Å². The molecule has 94 valence electrons. The van der Waals surface area contributed by atoms with E-state index in [0.29, 0.717) is 6.42 Å². The largest absolute Gasteiger partial charge is 2.00 e. The summed E-state index contributed by atoms with van der Waals surface area (Å²) in [6.45, 7) is 3.27. The van der Waals surface area contributed by atoms with Crippen LogP contribution in [-0.2, 0) is 9.59 Å². The Bertz CT molecular complexity index is 227. The summed E-state index contributed by atoms with van der Waals surface area (Å²) in [5.74, 6) is -3.11. The van der Waals surface area contributed by atoms with Gasteiger partial charge in [0.05, 0.1) is 11.9 Å². The van der Waals surface area contributed by atoms with Gasteiger partial charge in [0.25, 0.3) is 0 Å². The summed E-state index contributed by atoms with van der Waals surface area (Å²) in [5.41, 5.74) is -1.84. The van der Waals surface area contributed by atoms with Gasteiger partial charge in [-0.3, -0.25) is 0 Å². The SMILES string of the molecule is CCCCCCCCC(C)(C(=O)[O-])C(=O)[O-].[Ca+2]. The van der Waals surface area contributed by atoms with Crippen molar-refractivity contribution in [1.29, 1.82) is 0 Å². The van der Waals surface area contributed by atoms with Gasteiger partial charge in [-0.25, -0.2) is 0 Å². The van der Waals surface area contributed by atoms with E-state index in [2.05, 4.69) is 6.92 Å². The average Bonchev–Trinajstić information content (AvgIpc) is 2.22. The second-order valence-corrected chi connectivity index (χ2v) is 4.42. The molecule has 0 spiro atoms. The van der Waals surface area contributed by atoms with Crippen LogP contribution >= 0.6 is 0 Å². The molecular weight excluding hydrogens is 248 g/mol. The molecule has 0 aromatic carbocycles. The Morgan fingerprint density at radius 3 is 1.76 bits per heavy atom. The maximum Gasteiger partial charge on any atom is 2.00 e. The zero-order chi connectivity index (χ0) is 12.6. The molecule has 17 heavy (non-hydrogen) atoms. The minimum Gasteiger partial charge on any atom is -0.549 e. The summed E-state index contributed by atoms with van der Waals surface area (Å²) in [6, 6.07) is 0. The van der Waals surface area contributed by atoms with E-state index in [1.165, 1.54) is 0 Å². The Hall–Kier alpha value is 0.200. The monoisotopic (exact) mass is 268 g/mol. The molecule has 0 aromatic rings. The Balaban J connectivity index is 0. The average molecular weight is 268 g/mol. The molecule has 0 aromatic heterocycles. The Morgan fingerprint density at radius 1 is 0.941 bits per heavy atom. The van der Waals surface area contributed by atoms with E-state index in [9.17, 15) is 19.8 Å². The zero-order valence-corrected chi connectivity index (χ0v) is 13.0. The predicted octanol–water partition coefficient (Wildman–Crippen LogP) is -0.138. The first-order valence-electron chi connectivity index (χ1n) is 5.88. The standard InChI is InChI=1S/C12H22O4.Ca/c1-3-4-5-6-7-8-9-12(2,10(13)14)11(15)16;/h3-9H2,1-2H3,(H,13,14)(H,15,16);/q;+2/p-2. The third-order valence-electron chi connectivity index (χ3n) is 2.93. The number of carbonyl (C=O) groups is 2. The van der Waals surface area contributed by atoms with Crippen molar-refractivity contribution < 1.29 is 19.8 Å². The van der Waals surface area contributed by atoms with Crippen molar-refractivity contribution in [3.63, 3.8) is 0 Å². The molecule has 0 aliphatic heterocycles. The summed E-state index contributed by atoms with van der Waals surface area (Å²) >= 11 is 0. The van der Waals surface area contributed by atoms with E-state index >= 15 is 0 Å². The second-order valence-electron chi connectivity index (χ2n) is 4.42. The molecule has 0 atom stereocenters. The van der Waals surface area contributed by atoms with Crippen LogP contribution in [0.2, 0.25) is 0 Å². The van der Waals surface area contributed by atoms with Gasteiger partial charge in [0.1, 0.15) is 0 Å². The fourth-order valence-corrected chi connectivity index (χ4v) is 1.55. The van der Waals surface area contributed by atoms with E-state index in [-0.39, 0.29) is 44.2 Å². The van der Waals surface area contributed by atoms with Crippen LogP contribution in [0.3, 0.4) is 0 Å². The van der Waals surface area contributed by atoms with Crippen molar-refractivity contribution in [2.24, 2.45) is 5.41 Å². The summed E-state index contributed by atoms with van der Waals surface area (Å²) in [5, 5.41) is 21.4. The van der Waals surface area contributed by atoms with Gasteiger partial charge in [-0.05, 0) is 13.3 Å². The Labute approximate surface area is 133 Å². The Kier molecular flexibility index (Phi) is 11.7.